The Bertz CT molecular complexity index is 486. The quantitative estimate of drug-likeness (QED) is 0.845. The van der Waals surface area contributed by atoms with Gasteiger partial charge in [-0.15, -0.1) is 0 Å². The van der Waals surface area contributed by atoms with Gasteiger partial charge in [0.2, 0.25) is 0 Å². The summed E-state index contributed by atoms with van der Waals surface area (Å²) in [6.07, 6.45) is 3.15. The van der Waals surface area contributed by atoms with Crippen molar-refractivity contribution < 1.29 is 4.79 Å². The Balaban J connectivity index is 1.76. The van der Waals surface area contributed by atoms with Gasteiger partial charge in [-0.25, -0.2) is 0 Å². The summed E-state index contributed by atoms with van der Waals surface area (Å²) in [5.41, 5.74) is 3.15. The lowest BCUT2D eigenvalue weighted by molar-refractivity contribution is 0.0937. The monoisotopic (exact) mass is 259 g/mol. The molecule has 4 nitrogen and oxygen atoms in total. The summed E-state index contributed by atoms with van der Waals surface area (Å²) in [5.74, 6) is 0.0841. The number of rotatable bonds is 2. The highest BCUT2D eigenvalue weighted by molar-refractivity contribution is 5.97. The van der Waals surface area contributed by atoms with Crippen LogP contribution in [-0.4, -0.2) is 43.5 Å². The zero-order valence-corrected chi connectivity index (χ0v) is 11.4. The summed E-state index contributed by atoms with van der Waals surface area (Å²) in [6.45, 7) is 3.03. The number of hydrogen-bond acceptors (Lipinski definition) is 3. The van der Waals surface area contributed by atoms with E-state index < -0.39 is 0 Å². The van der Waals surface area contributed by atoms with Crippen LogP contribution in [0.15, 0.2) is 18.2 Å². The van der Waals surface area contributed by atoms with E-state index >= 15 is 0 Å². The number of amides is 1. The van der Waals surface area contributed by atoms with Crippen LogP contribution in [0.4, 0.5) is 5.69 Å². The van der Waals surface area contributed by atoms with E-state index in [2.05, 4.69) is 28.6 Å². The number of likely N-dealkylation sites (N-methyl/N-ethyl adjacent to an activating group) is 1. The Morgan fingerprint density at radius 1 is 1.47 bits per heavy atom. The van der Waals surface area contributed by atoms with Crippen molar-refractivity contribution in [2.75, 3.05) is 32.0 Å². The average molecular weight is 259 g/mol. The van der Waals surface area contributed by atoms with E-state index in [1.54, 1.807) is 0 Å². The van der Waals surface area contributed by atoms with Crippen molar-refractivity contribution in [2.24, 2.45) is 0 Å². The Hall–Kier alpha value is -1.55. The van der Waals surface area contributed by atoms with Gasteiger partial charge in [0.1, 0.15) is 0 Å². The molecule has 1 aromatic carbocycles. The third-order valence-electron chi connectivity index (χ3n) is 4.07. The van der Waals surface area contributed by atoms with Crippen molar-refractivity contribution in [3.8, 4) is 0 Å². The lowest BCUT2D eigenvalue weighted by Crippen LogP contribution is -2.37. The second-order valence-electron chi connectivity index (χ2n) is 5.58. The van der Waals surface area contributed by atoms with E-state index in [9.17, 15) is 4.79 Å². The van der Waals surface area contributed by atoms with E-state index in [0.717, 1.165) is 50.1 Å². The van der Waals surface area contributed by atoms with Crippen molar-refractivity contribution in [3.63, 3.8) is 0 Å². The molecule has 0 radical (unpaired) electrons. The van der Waals surface area contributed by atoms with E-state index in [4.69, 9.17) is 0 Å². The standard InChI is InChI=1S/C15H21N3O/c1-18-9-7-11(10-18)17-15(19)13-4-2-6-14-12(13)5-3-8-16-14/h2,4,6,11,16H,3,5,7-10H2,1H3,(H,17,19). The minimum Gasteiger partial charge on any atom is -0.385 e. The zero-order chi connectivity index (χ0) is 13.2. The van der Waals surface area contributed by atoms with Gasteiger partial charge in [0.15, 0.2) is 0 Å². The van der Waals surface area contributed by atoms with Gasteiger partial charge in [0, 0.05) is 30.4 Å². The van der Waals surface area contributed by atoms with Gasteiger partial charge < -0.3 is 15.5 Å². The van der Waals surface area contributed by atoms with Crippen LogP contribution in [0.5, 0.6) is 0 Å². The minimum atomic E-state index is 0.0841. The number of benzene rings is 1. The van der Waals surface area contributed by atoms with Gasteiger partial charge >= 0.3 is 0 Å². The lowest BCUT2D eigenvalue weighted by atomic mass is 9.97. The highest BCUT2D eigenvalue weighted by atomic mass is 16.1. The number of carbonyl (C=O) groups is 1. The number of likely N-dealkylation sites (tertiary alicyclic amines) is 1. The van der Waals surface area contributed by atoms with Gasteiger partial charge in [0.25, 0.3) is 5.91 Å². The Morgan fingerprint density at radius 2 is 2.37 bits per heavy atom. The van der Waals surface area contributed by atoms with E-state index in [0.29, 0.717) is 6.04 Å². The van der Waals surface area contributed by atoms with Crippen molar-refractivity contribution in [3.05, 3.63) is 29.3 Å². The van der Waals surface area contributed by atoms with Crippen LogP contribution in [0.25, 0.3) is 0 Å². The molecule has 2 aliphatic heterocycles. The first-order valence-electron chi connectivity index (χ1n) is 7.09. The van der Waals surface area contributed by atoms with Crippen molar-refractivity contribution in [1.82, 2.24) is 10.2 Å². The predicted octanol–water partition coefficient (Wildman–Crippen LogP) is 1.48. The van der Waals surface area contributed by atoms with Crippen LogP contribution in [0.2, 0.25) is 0 Å². The van der Waals surface area contributed by atoms with Crippen LogP contribution in [0.3, 0.4) is 0 Å². The molecular weight excluding hydrogens is 238 g/mol. The Labute approximate surface area is 114 Å². The normalized spacial score (nSPS) is 22.7. The van der Waals surface area contributed by atoms with Crippen LogP contribution in [0.1, 0.15) is 28.8 Å². The topological polar surface area (TPSA) is 44.4 Å². The lowest BCUT2D eigenvalue weighted by Gasteiger charge is -2.21. The van der Waals surface area contributed by atoms with Crippen molar-refractivity contribution >= 4 is 11.6 Å². The molecule has 4 heteroatoms. The Kier molecular flexibility index (Phi) is 3.42. The number of anilines is 1. The minimum absolute atomic E-state index is 0.0841. The molecule has 19 heavy (non-hydrogen) atoms. The number of nitrogens with one attached hydrogen (secondary N) is 2. The number of carbonyl (C=O) groups excluding carboxylic acids is 1. The van der Waals surface area contributed by atoms with Gasteiger partial charge in [-0.3, -0.25) is 4.79 Å². The molecule has 1 aromatic rings. The summed E-state index contributed by atoms with van der Waals surface area (Å²) in [4.78, 5) is 14.7. The molecule has 2 heterocycles. The van der Waals surface area contributed by atoms with Gasteiger partial charge in [-0.2, -0.15) is 0 Å². The molecule has 3 rings (SSSR count). The Morgan fingerprint density at radius 3 is 3.16 bits per heavy atom. The van der Waals surface area contributed by atoms with E-state index in [-0.39, 0.29) is 5.91 Å². The number of hydrogen-bond donors (Lipinski definition) is 2. The summed E-state index contributed by atoms with van der Waals surface area (Å²) in [6, 6.07) is 6.27. The SMILES string of the molecule is CN1CCC(NC(=O)c2cccc3c2CCCN3)C1. The third-order valence-corrected chi connectivity index (χ3v) is 4.07. The smallest absolute Gasteiger partial charge is 0.251 e. The maximum Gasteiger partial charge on any atom is 0.251 e. The molecule has 0 bridgehead atoms. The molecule has 0 saturated carbocycles. The molecule has 2 aliphatic rings. The fourth-order valence-electron chi connectivity index (χ4n) is 3.04. The van der Waals surface area contributed by atoms with Crippen molar-refractivity contribution in [1.29, 1.82) is 0 Å². The zero-order valence-electron chi connectivity index (χ0n) is 11.4. The van der Waals surface area contributed by atoms with Gasteiger partial charge in [-0.05, 0) is 50.6 Å². The van der Waals surface area contributed by atoms with Crippen LogP contribution >= 0.6 is 0 Å². The van der Waals surface area contributed by atoms with Gasteiger partial charge in [-0.1, -0.05) is 6.07 Å². The summed E-state index contributed by atoms with van der Waals surface area (Å²) >= 11 is 0. The largest absolute Gasteiger partial charge is 0.385 e. The molecular formula is C15H21N3O. The molecule has 1 saturated heterocycles. The molecule has 0 aliphatic carbocycles. The molecule has 1 unspecified atom stereocenters. The summed E-state index contributed by atoms with van der Waals surface area (Å²) in [5, 5.41) is 6.54. The molecule has 0 aromatic heterocycles. The predicted molar refractivity (Wildman–Crippen MR) is 76.6 cm³/mol. The van der Waals surface area contributed by atoms with Crippen LogP contribution in [0, 0.1) is 0 Å². The van der Waals surface area contributed by atoms with E-state index in [1.165, 1.54) is 5.56 Å². The van der Waals surface area contributed by atoms with Crippen molar-refractivity contribution in [2.45, 2.75) is 25.3 Å². The maximum atomic E-state index is 12.4. The van der Waals surface area contributed by atoms with E-state index in [1.807, 2.05) is 12.1 Å². The highest BCUT2D eigenvalue weighted by Crippen LogP contribution is 2.25. The summed E-state index contributed by atoms with van der Waals surface area (Å²) in [7, 11) is 2.10. The average Bonchev–Trinajstić information content (AvgIpc) is 2.83. The highest BCUT2D eigenvalue weighted by Gasteiger charge is 2.23. The molecule has 1 amide bonds. The third kappa shape index (κ3) is 2.59. The van der Waals surface area contributed by atoms with Crippen LogP contribution in [-0.2, 0) is 6.42 Å². The molecule has 102 valence electrons. The first kappa shape index (κ1) is 12.5. The second-order valence-corrected chi connectivity index (χ2v) is 5.58. The first-order chi connectivity index (χ1) is 9.24. The molecule has 2 N–H and O–H groups in total. The maximum absolute atomic E-state index is 12.4. The van der Waals surface area contributed by atoms with Gasteiger partial charge in [0.05, 0.1) is 0 Å². The first-order valence-corrected chi connectivity index (χ1v) is 7.09. The fourth-order valence-corrected chi connectivity index (χ4v) is 3.04. The number of nitrogens with zero attached hydrogens (tertiary/aromatic N) is 1. The van der Waals surface area contributed by atoms with Crippen LogP contribution < -0.4 is 10.6 Å². The fraction of sp³-hybridized carbons (Fsp3) is 0.533. The summed E-state index contributed by atoms with van der Waals surface area (Å²) < 4.78 is 0. The molecule has 1 atom stereocenters. The second kappa shape index (κ2) is 5.21. The molecule has 1 fully saturated rings. The molecule has 0 spiro atoms. The number of fused-ring (bicyclic) bond motifs is 1.